The van der Waals surface area contributed by atoms with Crippen LogP contribution >= 0.6 is 0 Å². The molecule has 1 aliphatic heterocycles. The number of carbonyl (C=O) groups is 1. The highest BCUT2D eigenvalue weighted by atomic mass is 16.1. The van der Waals surface area contributed by atoms with E-state index in [0.29, 0.717) is 12.0 Å². The molecule has 29 heavy (non-hydrogen) atoms. The molecule has 1 aliphatic carbocycles. The van der Waals surface area contributed by atoms with Gasteiger partial charge in [-0.1, -0.05) is 55.8 Å². The van der Waals surface area contributed by atoms with E-state index >= 15 is 0 Å². The molecular weight excluding hydrogens is 356 g/mol. The first kappa shape index (κ1) is 20.2. The molecule has 2 aromatic carbocycles. The lowest BCUT2D eigenvalue weighted by Crippen LogP contribution is -2.57. The van der Waals surface area contributed by atoms with Crippen LogP contribution in [0.2, 0.25) is 0 Å². The smallest absolute Gasteiger partial charge is 0.221 e. The fourth-order valence-electron chi connectivity index (χ4n) is 5.90. The average Bonchev–Trinajstić information content (AvgIpc) is 2.70. The highest BCUT2D eigenvalue weighted by molar-refractivity contribution is 5.88. The Morgan fingerprint density at radius 1 is 1.14 bits per heavy atom. The molecule has 1 heterocycles. The lowest BCUT2D eigenvalue weighted by Gasteiger charge is -2.56. The van der Waals surface area contributed by atoms with Gasteiger partial charge in [0.05, 0.1) is 0 Å². The molecule has 1 amide bonds. The van der Waals surface area contributed by atoms with E-state index in [9.17, 15) is 4.79 Å². The Kier molecular flexibility index (Phi) is 6.05. The van der Waals surface area contributed by atoms with E-state index in [-0.39, 0.29) is 11.3 Å². The maximum atomic E-state index is 11.5. The SMILES string of the molecule is CC(=O)Nc1cccc([C@]23CCCC(C2C)N(CCCc2ccccc2)CC3)c1. The second kappa shape index (κ2) is 8.71. The molecule has 2 aromatic rings. The van der Waals surface area contributed by atoms with Crippen LogP contribution in [-0.2, 0) is 16.6 Å². The second-order valence-electron chi connectivity index (χ2n) is 9.04. The summed E-state index contributed by atoms with van der Waals surface area (Å²) >= 11 is 0. The molecule has 2 aliphatic rings. The number of anilines is 1. The van der Waals surface area contributed by atoms with Gasteiger partial charge in [0.15, 0.2) is 0 Å². The summed E-state index contributed by atoms with van der Waals surface area (Å²) in [6, 6.07) is 20.2. The van der Waals surface area contributed by atoms with Gasteiger partial charge in [0.2, 0.25) is 5.91 Å². The monoisotopic (exact) mass is 390 g/mol. The van der Waals surface area contributed by atoms with Crippen LogP contribution in [0, 0.1) is 5.92 Å². The summed E-state index contributed by atoms with van der Waals surface area (Å²) in [5.74, 6) is 0.650. The number of hydrogen-bond donors (Lipinski definition) is 1. The molecule has 2 fully saturated rings. The fraction of sp³-hybridized carbons (Fsp3) is 0.500. The first-order valence-corrected chi connectivity index (χ1v) is 11.2. The minimum Gasteiger partial charge on any atom is -0.326 e. The van der Waals surface area contributed by atoms with E-state index < -0.39 is 0 Å². The molecule has 1 N–H and O–H groups in total. The molecule has 1 saturated carbocycles. The molecule has 3 nitrogen and oxygen atoms in total. The van der Waals surface area contributed by atoms with Gasteiger partial charge < -0.3 is 10.2 Å². The van der Waals surface area contributed by atoms with Crippen molar-refractivity contribution >= 4 is 11.6 Å². The fourth-order valence-corrected chi connectivity index (χ4v) is 5.90. The number of rotatable bonds is 6. The first-order chi connectivity index (χ1) is 14.1. The first-order valence-electron chi connectivity index (χ1n) is 11.2. The lowest BCUT2D eigenvalue weighted by molar-refractivity contribution is -0.114. The largest absolute Gasteiger partial charge is 0.326 e. The van der Waals surface area contributed by atoms with E-state index in [0.717, 1.165) is 5.69 Å². The van der Waals surface area contributed by atoms with Crippen molar-refractivity contribution in [3.63, 3.8) is 0 Å². The van der Waals surface area contributed by atoms with E-state index in [1.165, 1.54) is 62.7 Å². The van der Waals surface area contributed by atoms with Crippen LogP contribution in [-0.4, -0.2) is 29.9 Å². The molecule has 2 unspecified atom stereocenters. The number of nitrogens with one attached hydrogen (secondary N) is 1. The number of piperidine rings is 1. The van der Waals surface area contributed by atoms with Crippen LogP contribution in [0.3, 0.4) is 0 Å². The summed E-state index contributed by atoms with van der Waals surface area (Å²) in [5.41, 5.74) is 4.06. The minimum absolute atomic E-state index is 0.00227. The number of amides is 1. The molecule has 0 spiro atoms. The average molecular weight is 391 g/mol. The summed E-state index contributed by atoms with van der Waals surface area (Å²) in [6.45, 7) is 6.44. The molecule has 1 saturated heterocycles. The third-order valence-electron chi connectivity index (χ3n) is 7.40. The predicted octanol–water partition coefficient (Wildman–Crippen LogP) is 5.41. The summed E-state index contributed by atoms with van der Waals surface area (Å²) in [6.07, 6.45) is 7.51. The van der Waals surface area contributed by atoms with Crippen LogP contribution < -0.4 is 5.32 Å². The zero-order valence-corrected chi connectivity index (χ0v) is 17.9. The van der Waals surface area contributed by atoms with Gasteiger partial charge in [-0.05, 0) is 74.4 Å². The molecule has 4 rings (SSSR count). The number of aryl methyl sites for hydroxylation is 1. The van der Waals surface area contributed by atoms with Gasteiger partial charge >= 0.3 is 0 Å². The van der Waals surface area contributed by atoms with Gasteiger partial charge in [-0.3, -0.25) is 4.79 Å². The van der Waals surface area contributed by atoms with Gasteiger partial charge in [0.25, 0.3) is 0 Å². The molecule has 2 bridgehead atoms. The Balaban J connectivity index is 1.46. The van der Waals surface area contributed by atoms with Crippen molar-refractivity contribution in [2.24, 2.45) is 5.92 Å². The zero-order chi connectivity index (χ0) is 20.3. The van der Waals surface area contributed by atoms with Crippen LogP contribution in [0.1, 0.15) is 57.1 Å². The van der Waals surface area contributed by atoms with E-state index in [1.54, 1.807) is 6.92 Å². The van der Waals surface area contributed by atoms with Gasteiger partial charge in [0, 0.05) is 24.1 Å². The highest BCUT2D eigenvalue weighted by Crippen LogP contribution is 2.51. The lowest BCUT2D eigenvalue weighted by atomic mass is 9.57. The number of fused-ring (bicyclic) bond motifs is 2. The number of nitrogens with zero attached hydrogens (tertiary/aromatic N) is 1. The quantitative estimate of drug-likeness (QED) is 0.715. The van der Waals surface area contributed by atoms with Crippen LogP contribution in [0.25, 0.3) is 0 Å². The Bertz CT molecular complexity index is 834. The van der Waals surface area contributed by atoms with E-state index in [2.05, 4.69) is 65.7 Å². The highest BCUT2D eigenvalue weighted by Gasteiger charge is 2.49. The molecular formula is C26H34N2O. The zero-order valence-electron chi connectivity index (χ0n) is 17.9. The van der Waals surface area contributed by atoms with Crippen molar-refractivity contribution < 1.29 is 4.79 Å². The van der Waals surface area contributed by atoms with Crippen LogP contribution in [0.15, 0.2) is 54.6 Å². The Morgan fingerprint density at radius 2 is 1.97 bits per heavy atom. The Morgan fingerprint density at radius 3 is 2.76 bits per heavy atom. The van der Waals surface area contributed by atoms with Crippen molar-refractivity contribution in [1.29, 1.82) is 0 Å². The molecule has 3 atom stereocenters. The summed E-state index contributed by atoms with van der Waals surface area (Å²) in [4.78, 5) is 14.3. The van der Waals surface area contributed by atoms with Gasteiger partial charge in [-0.25, -0.2) is 0 Å². The van der Waals surface area contributed by atoms with Crippen molar-refractivity contribution in [2.75, 3.05) is 18.4 Å². The van der Waals surface area contributed by atoms with Crippen LogP contribution in [0.4, 0.5) is 5.69 Å². The van der Waals surface area contributed by atoms with Crippen molar-refractivity contribution in [2.45, 2.75) is 63.8 Å². The van der Waals surface area contributed by atoms with Crippen LogP contribution in [0.5, 0.6) is 0 Å². The Hall–Kier alpha value is -2.13. The van der Waals surface area contributed by atoms with Crippen molar-refractivity contribution in [3.8, 4) is 0 Å². The molecule has 0 radical (unpaired) electrons. The van der Waals surface area contributed by atoms with E-state index in [1.807, 2.05) is 6.07 Å². The summed E-state index contributed by atoms with van der Waals surface area (Å²) in [7, 11) is 0. The van der Waals surface area contributed by atoms with Gasteiger partial charge in [-0.2, -0.15) is 0 Å². The normalized spacial score (nSPS) is 26.8. The Labute approximate surface area is 175 Å². The number of likely N-dealkylation sites (tertiary alicyclic amines) is 1. The summed E-state index contributed by atoms with van der Waals surface area (Å²) in [5, 5.41) is 2.97. The second-order valence-corrected chi connectivity index (χ2v) is 9.04. The predicted molar refractivity (Wildman–Crippen MR) is 120 cm³/mol. The van der Waals surface area contributed by atoms with Gasteiger partial charge in [-0.15, -0.1) is 0 Å². The van der Waals surface area contributed by atoms with Gasteiger partial charge in [0.1, 0.15) is 0 Å². The third-order valence-corrected chi connectivity index (χ3v) is 7.40. The minimum atomic E-state index is 0.00227. The maximum absolute atomic E-state index is 11.5. The van der Waals surface area contributed by atoms with E-state index in [4.69, 9.17) is 0 Å². The van der Waals surface area contributed by atoms with Crippen molar-refractivity contribution in [3.05, 3.63) is 65.7 Å². The number of carbonyl (C=O) groups excluding carboxylic acids is 1. The molecule has 3 heteroatoms. The number of benzene rings is 2. The summed E-state index contributed by atoms with van der Waals surface area (Å²) < 4.78 is 0. The topological polar surface area (TPSA) is 32.3 Å². The standard InChI is InChI=1S/C26H34N2O/c1-20-25-14-7-15-26(20,23-12-6-13-24(19-23)27-21(2)29)16-18-28(25)17-8-11-22-9-4-3-5-10-22/h3-6,9-10,12-13,19-20,25H,7-8,11,14-18H2,1-2H3,(H,27,29)/t20?,25?,26-/m0/s1. The van der Waals surface area contributed by atoms with Crippen molar-refractivity contribution in [1.82, 2.24) is 4.90 Å². The third kappa shape index (κ3) is 4.25. The number of hydrogen-bond acceptors (Lipinski definition) is 2. The molecule has 0 aromatic heterocycles. The molecule has 154 valence electrons. The maximum Gasteiger partial charge on any atom is 0.221 e.